The predicted molar refractivity (Wildman–Crippen MR) is 62.1 cm³/mol. The van der Waals surface area contributed by atoms with E-state index in [1.54, 1.807) is 0 Å². The molecule has 0 aliphatic carbocycles. The zero-order valence-corrected chi connectivity index (χ0v) is 10.7. The number of hydrogen-bond donors (Lipinski definition) is 0. The molecule has 0 aromatic carbocycles. The Labute approximate surface area is 88.9 Å². The molecule has 0 saturated carbocycles. The van der Waals surface area contributed by atoms with Crippen molar-refractivity contribution in [3.63, 3.8) is 0 Å². The van der Waals surface area contributed by atoms with Gasteiger partial charge in [-0.05, 0) is 48.5 Å². The van der Waals surface area contributed by atoms with E-state index < -0.39 is 0 Å². The molecular formula is C12H25NO. The van der Waals surface area contributed by atoms with Crippen LogP contribution in [0.15, 0.2) is 12.2 Å². The molecular weight excluding hydrogens is 174 g/mol. The third kappa shape index (κ3) is 4.77. The van der Waals surface area contributed by atoms with Gasteiger partial charge in [0.1, 0.15) is 0 Å². The van der Waals surface area contributed by atoms with Crippen LogP contribution < -0.4 is 0 Å². The number of nitrogens with zero attached hydrogens (tertiary/aromatic N) is 1. The standard InChI is InChI=1S/C12H25NO/c1-8-9-10-14-13(11(2,3)4)12(5,6)7/h8-9H,10H2,1-7H3/b9-8+. The number of allylic oxidation sites excluding steroid dienone is 1. The van der Waals surface area contributed by atoms with Crippen molar-refractivity contribution >= 4 is 0 Å². The van der Waals surface area contributed by atoms with Crippen LogP contribution in [0.4, 0.5) is 0 Å². The summed E-state index contributed by atoms with van der Waals surface area (Å²) in [5, 5.41) is 2.06. The monoisotopic (exact) mass is 199 g/mol. The zero-order chi connectivity index (χ0) is 11.4. The summed E-state index contributed by atoms with van der Waals surface area (Å²) in [7, 11) is 0. The quantitative estimate of drug-likeness (QED) is 0.510. The number of hydroxylamine groups is 2. The first-order valence-electron chi connectivity index (χ1n) is 5.24. The van der Waals surface area contributed by atoms with Crippen LogP contribution in [-0.4, -0.2) is 22.7 Å². The Kier molecular flexibility index (Phi) is 4.82. The molecule has 0 N–H and O–H groups in total. The molecule has 0 unspecified atom stereocenters. The molecule has 14 heavy (non-hydrogen) atoms. The normalized spacial score (nSPS) is 14.3. The van der Waals surface area contributed by atoms with Crippen LogP contribution in [-0.2, 0) is 4.84 Å². The molecule has 0 rings (SSSR count). The van der Waals surface area contributed by atoms with Gasteiger partial charge in [-0.3, -0.25) is 4.84 Å². The third-order valence-corrected chi connectivity index (χ3v) is 1.75. The first kappa shape index (κ1) is 13.7. The molecule has 0 amide bonds. The van der Waals surface area contributed by atoms with Crippen molar-refractivity contribution < 1.29 is 4.84 Å². The van der Waals surface area contributed by atoms with E-state index in [2.05, 4.69) is 46.6 Å². The second kappa shape index (κ2) is 4.94. The average molecular weight is 199 g/mol. The largest absolute Gasteiger partial charge is 0.294 e. The number of rotatable bonds is 3. The highest BCUT2D eigenvalue weighted by Gasteiger charge is 2.32. The van der Waals surface area contributed by atoms with Crippen LogP contribution in [0, 0.1) is 0 Å². The minimum atomic E-state index is 0.0276. The smallest absolute Gasteiger partial charge is 0.0867 e. The molecule has 0 heterocycles. The maximum atomic E-state index is 5.76. The van der Waals surface area contributed by atoms with E-state index in [0.29, 0.717) is 6.61 Å². The Hall–Kier alpha value is -0.340. The average Bonchev–Trinajstić information content (AvgIpc) is 1.92. The fraction of sp³-hybridized carbons (Fsp3) is 0.833. The summed E-state index contributed by atoms with van der Waals surface area (Å²) in [5.74, 6) is 0. The van der Waals surface area contributed by atoms with Gasteiger partial charge < -0.3 is 0 Å². The molecule has 0 fully saturated rings. The Bertz CT molecular complexity index is 169. The Morgan fingerprint density at radius 1 is 1.00 bits per heavy atom. The Morgan fingerprint density at radius 2 is 1.43 bits per heavy atom. The molecule has 0 spiro atoms. The van der Waals surface area contributed by atoms with E-state index >= 15 is 0 Å². The van der Waals surface area contributed by atoms with E-state index in [0.717, 1.165) is 0 Å². The first-order valence-corrected chi connectivity index (χ1v) is 5.24. The van der Waals surface area contributed by atoms with Gasteiger partial charge in [0, 0.05) is 11.1 Å². The topological polar surface area (TPSA) is 12.5 Å². The van der Waals surface area contributed by atoms with Gasteiger partial charge in [-0.1, -0.05) is 12.2 Å². The summed E-state index contributed by atoms with van der Waals surface area (Å²) < 4.78 is 0. The van der Waals surface area contributed by atoms with E-state index in [9.17, 15) is 0 Å². The molecule has 0 aliphatic heterocycles. The van der Waals surface area contributed by atoms with Gasteiger partial charge in [0.15, 0.2) is 0 Å². The predicted octanol–water partition coefficient (Wildman–Crippen LogP) is 3.39. The molecule has 0 atom stereocenters. The lowest BCUT2D eigenvalue weighted by Gasteiger charge is -2.43. The lowest BCUT2D eigenvalue weighted by atomic mass is 10.00. The van der Waals surface area contributed by atoms with Crippen LogP contribution in [0.3, 0.4) is 0 Å². The molecule has 0 aliphatic rings. The van der Waals surface area contributed by atoms with Crippen LogP contribution in [0.1, 0.15) is 48.5 Å². The van der Waals surface area contributed by atoms with Gasteiger partial charge in [-0.25, -0.2) is 0 Å². The van der Waals surface area contributed by atoms with Crippen molar-refractivity contribution in [1.29, 1.82) is 0 Å². The van der Waals surface area contributed by atoms with Crippen LogP contribution in [0.25, 0.3) is 0 Å². The number of hydrogen-bond acceptors (Lipinski definition) is 2. The Balaban J connectivity index is 4.43. The molecule has 2 nitrogen and oxygen atoms in total. The fourth-order valence-electron chi connectivity index (χ4n) is 1.61. The molecule has 0 saturated heterocycles. The summed E-state index contributed by atoms with van der Waals surface area (Å²) in [6, 6.07) is 0. The van der Waals surface area contributed by atoms with Crippen LogP contribution >= 0.6 is 0 Å². The van der Waals surface area contributed by atoms with Crippen LogP contribution in [0.5, 0.6) is 0 Å². The molecule has 0 aromatic heterocycles. The fourth-order valence-corrected chi connectivity index (χ4v) is 1.61. The third-order valence-electron chi connectivity index (χ3n) is 1.75. The van der Waals surface area contributed by atoms with Gasteiger partial charge in [-0.15, -0.1) is 0 Å². The first-order chi connectivity index (χ1) is 6.19. The summed E-state index contributed by atoms with van der Waals surface area (Å²) in [4.78, 5) is 5.76. The molecule has 0 aromatic rings. The maximum absolute atomic E-state index is 5.76. The summed E-state index contributed by atoms with van der Waals surface area (Å²) in [6.45, 7) is 15.6. The summed E-state index contributed by atoms with van der Waals surface area (Å²) in [6.07, 6.45) is 4.02. The summed E-state index contributed by atoms with van der Waals surface area (Å²) in [5.41, 5.74) is 0.0552. The highest BCUT2D eigenvalue weighted by molar-refractivity contribution is 4.82. The van der Waals surface area contributed by atoms with Crippen molar-refractivity contribution in [3.05, 3.63) is 12.2 Å². The van der Waals surface area contributed by atoms with Gasteiger partial charge in [0.2, 0.25) is 0 Å². The van der Waals surface area contributed by atoms with E-state index in [4.69, 9.17) is 4.84 Å². The van der Waals surface area contributed by atoms with Crippen molar-refractivity contribution in [2.24, 2.45) is 0 Å². The lowest BCUT2D eigenvalue weighted by Crippen LogP contribution is -2.52. The highest BCUT2D eigenvalue weighted by atomic mass is 16.7. The summed E-state index contributed by atoms with van der Waals surface area (Å²) >= 11 is 0. The minimum absolute atomic E-state index is 0.0276. The van der Waals surface area contributed by atoms with Crippen molar-refractivity contribution in [2.75, 3.05) is 6.61 Å². The molecule has 0 bridgehead atoms. The second-order valence-electron chi connectivity index (χ2n) is 5.50. The molecule has 2 heteroatoms. The van der Waals surface area contributed by atoms with Crippen molar-refractivity contribution in [3.8, 4) is 0 Å². The minimum Gasteiger partial charge on any atom is -0.294 e. The van der Waals surface area contributed by atoms with E-state index in [-0.39, 0.29) is 11.1 Å². The van der Waals surface area contributed by atoms with E-state index in [1.165, 1.54) is 0 Å². The van der Waals surface area contributed by atoms with Gasteiger partial charge in [-0.2, -0.15) is 5.06 Å². The maximum Gasteiger partial charge on any atom is 0.0867 e. The van der Waals surface area contributed by atoms with Crippen molar-refractivity contribution in [1.82, 2.24) is 5.06 Å². The lowest BCUT2D eigenvalue weighted by molar-refractivity contribution is -0.249. The second-order valence-corrected chi connectivity index (χ2v) is 5.50. The van der Waals surface area contributed by atoms with Gasteiger partial charge in [0.05, 0.1) is 6.61 Å². The van der Waals surface area contributed by atoms with Gasteiger partial charge >= 0.3 is 0 Å². The zero-order valence-electron chi connectivity index (χ0n) is 10.7. The van der Waals surface area contributed by atoms with Crippen molar-refractivity contribution in [2.45, 2.75) is 59.5 Å². The van der Waals surface area contributed by atoms with Gasteiger partial charge in [0.25, 0.3) is 0 Å². The SMILES string of the molecule is C/C=C/CON(C(C)(C)C)C(C)(C)C. The Morgan fingerprint density at radius 3 is 1.71 bits per heavy atom. The molecule has 0 radical (unpaired) electrons. The van der Waals surface area contributed by atoms with E-state index in [1.807, 2.05) is 19.1 Å². The highest BCUT2D eigenvalue weighted by Crippen LogP contribution is 2.24. The molecule has 84 valence electrons. The van der Waals surface area contributed by atoms with Crippen LogP contribution in [0.2, 0.25) is 0 Å².